The average molecular weight is 330 g/mol. The zero-order chi connectivity index (χ0) is 16.6. The van der Waals surface area contributed by atoms with Gasteiger partial charge < -0.3 is 5.73 Å². The second-order valence-electron chi connectivity index (χ2n) is 5.04. The van der Waals surface area contributed by atoms with Crippen LogP contribution >= 0.6 is 11.3 Å². The normalized spacial score (nSPS) is 10.7. The fraction of sp³-hybridized carbons (Fsp3) is 0.0588. The quantitative estimate of drug-likeness (QED) is 0.732. The second kappa shape index (κ2) is 5.89. The van der Waals surface area contributed by atoms with Gasteiger partial charge in [0.25, 0.3) is 0 Å². The molecule has 6 heteroatoms. The highest BCUT2D eigenvalue weighted by molar-refractivity contribution is 7.08. The van der Waals surface area contributed by atoms with E-state index in [4.69, 9.17) is 5.73 Å². The summed E-state index contributed by atoms with van der Waals surface area (Å²) in [6.07, 6.45) is 1.46. The topological polar surface area (TPSA) is 56.0 Å². The lowest BCUT2D eigenvalue weighted by atomic mass is 9.99. The Kier molecular flexibility index (Phi) is 3.92. The predicted octanol–water partition coefficient (Wildman–Crippen LogP) is 4.21. The van der Waals surface area contributed by atoms with Gasteiger partial charge in [-0.05, 0) is 36.1 Å². The van der Waals surface area contributed by atoms with E-state index in [0.29, 0.717) is 11.8 Å². The lowest BCUT2D eigenvalue weighted by Crippen LogP contribution is -2.09. The van der Waals surface area contributed by atoms with Gasteiger partial charge in [-0.1, -0.05) is 0 Å². The highest BCUT2D eigenvalue weighted by Crippen LogP contribution is 2.32. The Bertz CT molecular complexity index is 905. The molecule has 0 fully saturated rings. The summed E-state index contributed by atoms with van der Waals surface area (Å²) in [5.74, 6) is -2.26. The van der Waals surface area contributed by atoms with Crippen LogP contribution in [0.25, 0.3) is 11.3 Å². The maximum Gasteiger partial charge on any atom is 0.198 e. The number of hydrogen-bond donors (Lipinski definition) is 1. The molecule has 0 unspecified atom stereocenters. The van der Waals surface area contributed by atoms with Gasteiger partial charge in [-0.3, -0.25) is 9.78 Å². The highest BCUT2D eigenvalue weighted by atomic mass is 32.1. The maximum atomic E-state index is 13.8. The largest absolute Gasteiger partial charge is 0.396 e. The van der Waals surface area contributed by atoms with Crippen molar-refractivity contribution in [1.29, 1.82) is 0 Å². The maximum absolute atomic E-state index is 13.8. The molecule has 0 saturated heterocycles. The molecule has 0 radical (unpaired) electrons. The number of pyridine rings is 1. The first-order valence-corrected chi connectivity index (χ1v) is 7.70. The summed E-state index contributed by atoms with van der Waals surface area (Å²) in [5, 5.41) is 3.84. The number of aromatic nitrogens is 1. The smallest absolute Gasteiger partial charge is 0.198 e. The molecule has 116 valence electrons. The number of nitrogen functional groups attached to an aromatic ring is 1. The number of benzene rings is 1. The molecule has 2 heterocycles. The third-order valence-electron chi connectivity index (χ3n) is 3.52. The van der Waals surface area contributed by atoms with Crippen molar-refractivity contribution < 1.29 is 13.6 Å². The average Bonchev–Trinajstić information content (AvgIpc) is 2.93. The Morgan fingerprint density at radius 2 is 1.96 bits per heavy atom. The van der Waals surface area contributed by atoms with E-state index in [0.717, 1.165) is 23.3 Å². The first-order valence-electron chi connectivity index (χ1n) is 6.76. The van der Waals surface area contributed by atoms with Crippen LogP contribution in [0.15, 0.2) is 41.2 Å². The first-order chi connectivity index (χ1) is 11.0. The Labute approximate surface area is 135 Å². The van der Waals surface area contributed by atoms with Gasteiger partial charge in [0.15, 0.2) is 5.78 Å². The van der Waals surface area contributed by atoms with Gasteiger partial charge in [0.05, 0.1) is 16.9 Å². The minimum Gasteiger partial charge on any atom is -0.396 e. The van der Waals surface area contributed by atoms with Crippen LogP contribution in [0.5, 0.6) is 0 Å². The SMILES string of the molecule is Cc1cscc1-c1nccc(C(=O)c2ccc(F)cc2F)c1N. The zero-order valence-electron chi connectivity index (χ0n) is 12.1. The van der Waals surface area contributed by atoms with Crippen LogP contribution in [-0.4, -0.2) is 10.8 Å². The summed E-state index contributed by atoms with van der Waals surface area (Å²) in [4.78, 5) is 16.8. The zero-order valence-corrected chi connectivity index (χ0v) is 13.0. The van der Waals surface area contributed by atoms with E-state index in [1.54, 1.807) is 0 Å². The number of rotatable bonds is 3. The third kappa shape index (κ3) is 2.73. The Balaban J connectivity index is 2.11. The Hall–Kier alpha value is -2.60. The number of carbonyl (C=O) groups is 1. The molecule has 2 aromatic heterocycles. The monoisotopic (exact) mass is 330 g/mol. The van der Waals surface area contributed by atoms with Gasteiger partial charge in [-0.2, -0.15) is 11.3 Å². The molecule has 0 aliphatic heterocycles. The number of halogens is 2. The van der Waals surface area contributed by atoms with E-state index >= 15 is 0 Å². The second-order valence-corrected chi connectivity index (χ2v) is 5.79. The van der Waals surface area contributed by atoms with Crippen molar-refractivity contribution in [3.05, 3.63) is 69.5 Å². The van der Waals surface area contributed by atoms with Crippen molar-refractivity contribution in [3.8, 4) is 11.3 Å². The van der Waals surface area contributed by atoms with Crippen LogP contribution in [-0.2, 0) is 0 Å². The molecular weight excluding hydrogens is 318 g/mol. The molecule has 0 aliphatic rings. The molecule has 0 amide bonds. The summed E-state index contributed by atoms with van der Waals surface area (Å²) in [5.41, 5.74) is 8.50. The van der Waals surface area contributed by atoms with Crippen LogP contribution < -0.4 is 5.73 Å². The molecule has 0 aliphatic carbocycles. The first kappa shape index (κ1) is 15.3. The van der Waals surface area contributed by atoms with E-state index in [9.17, 15) is 13.6 Å². The lowest BCUT2D eigenvalue weighted by Gasteiger charge is -2.10. The molecule has 0 bridgehead atoms. The number of nitrogens with two attached hydrogens (primary N) is 1. The molecule has 3 rings (SSSR count). The van der Waals surface area contributed by atoms with Gasteiger partial charge in [-0.15, -0.1) is 0 Å². The number of hydrogen-bond acceptors (Lipinski definition) is 4. The molecule has 1 aromatic carbocycles. The fourth-order valence-electron chi connectivity index (χ4n) is 2.31. The molecule has 0 atom stereocenters. The van der Waals surface area contributed by atoms with E-state index in [1.807, 2.05) is 17.7 Å². The highest BCUT2D eigenvalue weighted by Gasteiger charge is 2.20. The number of aryl methyl sites for hydroxylation is 1. The van der Waals surface area contributed by atoms with Gasteiger partial charge in [0, 0.05) is 28.8 Å². The van der Waals surface area contributed by atoms with Crippen molar-refractivity contribution >= 4 is 22.8 Å². The van der Waals surface area contributed by atoms with Crippen LogP contribution in [0, 0.1) is 18.6 Å². The van der Waals surface area contributed by atoms with Crippen molar-refractivity contribution in [3.63, 3.8) is 0 Å². The molecule has 0 saturated carbocycles. The van der Waals surface area contributed by atoms with Crippen molar-refractivity contribution in [2.24, 2.45) is 0 Å². The van der Waals surface area contributed by atoms with Crippen molar-refractivity contribution in [1.82, 2.24) is 4.98 Å². The number of thiophene rings is 1. The fourth-order valence-corrected chi connectivity index (χ4v) is 3.14. The summed E-state index contributed by atoms with van der Waals surface area (Å²) >= 11 is 1.50. The summed E-state index contributed by atoms with van der Waals surface area (Å²) in [6.45, 7) is 1.92. The predicted molar refractivity (Wildman–Crippen MR) is 86.5 cm³/mol. The van der Waals surface area contributed by atoms with Crippen LogP contribution in [0.4, 0.5) is 14.5 Å². The van der Waals surface area contributed by atoms with Crippen molar-refractivity contribution in [2.75, 3.05) is 5.73 Å². The standard InChI is InChI=1S/C17H12F2N2OS/c1-9-7-23-8-13(9)16-15(20)12(4-5-21-16)17(22)11-3-2-10(18)6-14(11)19/h2-8H,20H2,1H3. The van der Waals surface area contributed by atoms with E-state index in [-0.39, 0.29) is 16.8 Å². The minimum absolute atomic E-state index is 0.145. The number of nitrogens with zero attached hydrogens (tertiary/aromatic N) is 1. The van der Waals surface area contributed by atoms with E-state index in [1.165, 1.54) is 23.6 Å². The molecule has 2 N–H and O–H groups in total. The third-order valence-corrected chi connectivity index (χ3v) is 4.38. The van der Waals surface area contributed by atoms with Crippen LogP contribution in [0.3, 0.4) is 0 Å². The van der Waals surface area contributed by atoms with Crippen LogP contribution in [0.1, 0.15) is 21.5 Å². The van der Waals surface area contributed by atoms with Gasteiger partial charge in [0.2, 0.25) is 0 Å². The Morgan fingerprint density at radius 1 is 1.17 bits per heavy atom. The summed E-state index contributed by atoms with van der Waals surface area (Å²) < 4.78 is 26.8. The van der Waals surface area contributed by atoms with E-state index in [2.05, 4.69) is 4.98 Å². The number of carbonyl (C=O) groups excluding carboxylic acids is 1. The molecule has 3 aromatic rings. The van der Waals surface area contributed by atoms with Gasteiger partial charge >= 0.3 is 0 Å². The number of ketones is 1. The number of anilines is 1. The van der Waals surface area contributed by atoms with E-state index < -0.39 is 17.4 Å². The van der Waals surface area contributed by atoms with Crippen LogP contribution in [0.2, 0.25) is 0 Å². The summed E-state index contributed by atoms with van der Waals surface area (Å²) in [7, 11) is 0. The summed E-state index contributed by atoms with van der Waals surface area (Å²) in [6, 6.07) is 4.26. The Morgan fingerprint density at radius 3 is 2.61 bits per heavy atom. The van der Waals surface area contributed by atoms with Gasteiger partial charge in [-0.25, -0.2) is 8.78 Å². The lowest BCUT2D eigenvalue weighted by molar-refractivity contribution is 0.103. The molecule has 0 spiro atoms. The van der Waals surface area contributed by atoms with Crippen molar-refractivity contribution in [2.45, 2.75) is 6.92 Å². The molecule has 3 nitrogen and oxygen atoms in total. The molecular formula is C17H12F2N2OS. The molecule has 23 heavy (non-hydrogen) atoms. The minimum atomic E-state index is -0.917. The van der Waals surface area contributed by atoms with Gasteiger partial charge in [0.1, 0.15) is 11.6 Å².